The minimum absolute atomic E-state index is 0.554. The Kier molecular flexibility index (Phi) is 3.82. The average Bonchev–Trinajstić information content (AvgIpc) is 2.27. The van der Waals surface area contributed by atoms with Gasteiger partial charge in [-0.15, -0.1) is 0 Å². The number of hydrogen-bond acceptors (Lipinski definition) is 3. The van der Waals surface area contributed by atoms with Crippen molar-refractivity contribution in [2.45, 2.75) is 19.3 Å². The number of benzene rings is 1. The number of nitriles is 1. The monoisotopic (exact) mass is 283 g/mol. The van der Waals surface area contributed by atoms with Crippen LogP contribution >= 0.6 is 15.9 Å². The molecule has 0 aliphatic rings. The highest BCUT2D eigenvalue weighted by molar-refractivity contribution is 9.10. The SMILES string of the molecule is COc1cc(C(C)(C)C#N)cc(Br)c1OC. The fourth-order valence-electron chi connectivity index (χ4n) is 1.34. The molecular weight excluding hydrogens is 270 g/mol. The van der Waals surface area contributed by atoms with Crippen LogP contribution in [-0.2, 0) is 5.41 Å². The molecule has 4 heteroatoms. The van der Waals surface area contributed by atoms with Crippen molar-refractivity contribution < 1.29 is 9.47 Å². The lowest BCUT2D eigenvalue weighted by Crippen LogP contribution is -2.14. The Hall–Kier alpha value is -1.21. The number of methoxy groups -OCH3 is 2. The molecule has 0 aromatic heterocycles. The Bertz CT molecular complexity index is 435. The first kappa shape index (κ1) is 12.9. The Morgan fingerprint density at radius 3 is 2.31 bits per heavy atom. The summed E-state index contributed by atoms with van der Waals surface area (Å²) in [6, 6.07) is 5.96. The molecule has 0 amide bonds. The normalized spacial score (nSPS) is 10.8. The Balaban J connectivity index is 3.38. The second-order valence-corrected chi connectivity index (χ2v) is 4.78. The molecule has 0 saturated heterocycles. The van der Waals surface area contributed by atoms with Crippen LogP contribution in [0.1, 0.15) is 19.4 Å². The molecule has 0 spiro atoms. The summed E-state index contributed by atoms with van der Waals surface area (Å²) in [5, 5.41) is 9.09. The van der Waals surface area contributed by atoms with E-state index < -0.39 is 5.41 Å². The van der Waals surface area contributed by atoms with Crippen LogP contribution in [0.3, 0.4) is 0 Å². The molecule has 0 N–H and O–H groups in total. The molecule has 0 radical (unpaired) electrons. The molecule has 1 aromatic carbocycles. The highest BCUT2D eigenvalue weighted by atomic mass is 79.9. The quantitative estimate of drug-likeness (QED) is 0.855. The maximum absolute atomic E-state index is 9.09. The van der Waals surface area contributed by atoms with E-state index in [9.17, 15) is 0 Å². The van der Waals surface area contributed by atoms with Crippen LogP contribution in [-0.4, -0.2) is 14.2 Å². The maximum Gasteiger partial charge on any atom is 0.174 e. The summed E-state index contributed by atoms with van der Waals surface area (Å²) in [6.45, 7) is 3.72. The molecule has 0 saturated carbocycles. The standard InChI is InChI=1S/C12H14BrNO2/c1-12(2,7-14)8-5-9(13)11(16-4)10(6-8)15-3/h5-6H,1-4H3. The number of rotatable bonds is 3. The fraction of sp³-hybridized carbons (Fsp3) is 0.417. The van der Waals surface area contributed by atoms with Crippen LogP contribution in [0.4, 0.5) is 0 Å². The summed E-state index contributed by atoms with van der Waals surface area (Å²) >= 11 is 3.41. The van der Waals surface area contributed by atoms with Crippen molar-refractivity contribution in [3.63, 3.8) is 0 Å². The summed E-state index contributed by atoms with van der Waals surface area (Å²) in [5.41, 5.74) is 0.335. The largest absolute Gasteiger partial charge is 0.493 e. The molecule has 0 fully saturated rings. The van der Waals surface area contributed by atoms with E-state index in [1.54, 1.807) is 14.2 Å². The second kappa shape index (κ2) is 4.75. The zero-order chi connectivity index (χ0) is 12.3. The molecular formula is C12H14BrNO2. The molecule has 1 aromatic rings. The lowest BCUT2D eigenvalue weighted by atomic mass is 9.86. The van der Waals surface area contributed by atoms with Gasteiger partial charge < -0.3 is 9.47 Å². The predicted octanol–water partition coefficient (Wildman–Crippen LogP) is 3.27. The highest BCUT2D eigenvalue weighted by Gasteiger charge is 2.23. The summed E-state index contributed by atoms with van der Waals surface area (Å²) in [4.78, 5) is 0. The van der Waals surface area contributed by atoms with Crippen molar-refractivity contribution in [1.29, 1.82) is 5.26 Å². The van der Waals surface area contributed by atoms with Gasteiger partial charge in [-0.25, -0.2) is 0 Å². The molecule has 0 heterocycles. The van der Waals surface area contributed by atoms with Gasteiger partial charge in [0, 0.05) is 0 Å². The van der Waals surface area contributed by atoms with Crippen LogP contribution in [0.5, 0.6) is 11.5 Å². The van der Waals surface area contributed by atoms with Gasteiger partial charge in [0.2, 0.25) is 0 Å². The first-order chi connectivity index (χ1) is 7.46. The van der Waals surface area contributed by atoms with Crippen LogP contribution in [0, 0.1) is 11.3 Å². The lowest BCUT2D eigenvalue weighted by molar-refractivity contribution is 0.352. The topological polar surface area (TPSA) is 42.2 Å². The fourth-order valence-corrected chi connectivity index (χ4v) is 1.95. The van der Waals surface area contributed by atoms with E-state index >= 15 is 0 Å². The van der Waals surface area contributed by atoms with Crippen molar-refractivity contribution in [3.8, 4) is 17.6 Å². The highest BCUT2D eigenvalue weighted by Crippen LogP contribution is 2.39. The summed E-state index contributed by atoms with van der Waals surface area (Å²) < 4.78 is 11.2. The van der Waals surface area contributed by atoms with Crippen molar-refractivity contribution in [1.82, 2.24) is 0 Å². The molecule has 0 aliphatic heterocycles. The molecule has 3 nitrogen and oxygen atoms in total. The molecule has 1 rings (SSSR count). The Morgan fingerprint density at radius 1 is 1.25 bits per heavy atom. The Morgan fingerprint density at radius 2 is 1.88 bits per heavy atom. The van der Waals surface area contributed by atoms with Crippen LogP contribution in [0.25, 0.3) is 0 Å². The zero-order valence-corrected chi connectivity index (χ0v) is 11.4. The number of ether oxygens (including phenoxy) is 2. The van der Waals surface area contributed by atoms with Crippen LogP contribution in [0.2, 0.25) is 0 Å². The molecule has 86 valence electrons. The van der Waals surface area contributed by atoms with Crippen molar-refractivity contribution in [2.75, 3.05) is 14.2 Å². The molecule has 0 bridgehead atoms. The van der Waals surface area contributed by atoms with Crippen molar-refractivity contribution in [3.05, 3.63) is 22.2 Å². The van der Waals surface area contributed by atoms with Crippen LogP contribution < -0.4 is 9.47 Å². The summed E-state index contributed by atoms with van der Waals surface area (Å²) in [7, 11) is 3.16. The molecule has 0 unspecified atom stereocenters. The predicted molar refractivity (Wildman–Crippen MR) is 65.9 cm³/mol. The summed E-state index contributed by atoms with van der Waals surface area (Å²) in [5.74, 6) is 1.26. The summed E-state index contributed by atoms with van der Waals surface area (Å²) in [6.07, 6.45) is 0. The van der Waals surface area contributed by atoms with Gasteiger partial charge in [0.05, 0.1) is 30.2 Å². The maximum atomic E-state index is 9.09. The van der Waals surface area contributed by atoms with E-state index in [4.69, 9.17) is 14.7 Å². The first-order valence-electron chi connectivity index (χ1n) is 4.79. The van der Waals surface area contributed by atoms with E-state index in [-0.39, 0.29) is 0 Å². The van der Waals surface area contributed by atoms with Gasteiger partial charge in [-0.05, 0) is 47.5 Å². The van der Waals surface area contributed by atoms with E-state index in [2.05, 4.69) is 22.0 Å². The second-order valence-electron chi connectivity index (χ2n) is 3.93. The zero-order valence-electron chi connectivity index (χ0n) is 9.80. The van der Waals surface area contributed by atoms with Crippen molar-refractivity contribution >= 4 is 15.9 Å². The minimum atomic E-state index is -0.554. The Labute approximate surface area is 104 Å². The van der Waals surface area contributed by atoms with Crippen LogP contribution in [0.15, 0.2) is 16.6 Å². The number of nitrogens with zero attached hydrogens (tertiary/aromatic N) is 1. The third-order valence-corrected chi connectivity index (χ3v) is 3.02. The van der Waals surface area contributed by atoms with Crippen molar-refractivity contribution in [2.24, 2.45) is 0 Å². The molecule has 0 aliphatic carbocycles. The average molecular weight is 284 g/mol. The van der Waals surface area contributed by atoms with E-state index in [1.165, 1.54) is 0 Å². The third kappa shape index (κ3) is 2.30. The van der Waals surface area contributed by atoms with Gasteiger partial charge in [-0.2, -0.15) is 5.26 Å². The van der Waals surface area contributed by atoms with E-state index in [0.29, 0.717) is 11.5 Å². The molecule has 0 atom stereocenters. The van der Waals surface area contributed by atoms with Gasteiger partial charge in [0.15, 0.2) is 11.5 Å². The van der Waals surface area contributed by atoms with E-state index in [1.807, 2.05) is 26.0 Å². The molecule has 16 heavy (non-hydrogen) atoms. The first-order valence-corrected chi connectivity index (χ1v) is 5.59. The van der Waals surface area contributed by atoms with Gasteiger partial charge in [-0.3, -0.25) is 0 Å². The van der Waals surface area contributed by atoms with E-state index in [0.717, 1.165) is 10.0 Å². The smallest absolute Gasteiger partial charge is 0.174 e. The van der Waals surface area contributed by atoms with Gasteiger partial charge in [-0.1, -0.05) is 0 Å². The third-order valence-electron chi connectivity index (χ3n) is 2.43. The lowest BCUT2D eigenvalue weighted by Gasteiger charge is -2.19. The van der Waals surface area contributed by atoms with Gasteiger partial charge >= 0.3 is 0 Å². The minimum Gasteiger partial charge on any atom is -0.493 e. The van der Waals surface area contributed by atoms with Gasteiger partial charge in [0.1, 0.15) is 0 Å². The number of hydrogen-bond donors (Lipinski definition) is 0. The van der Waals surface area contributed by atoms with Gasteiger partial charge in [0.25, 0.3) is 0 Å². The number of halogens is 1.